The zero-order valence-corrected chi connectivity index (χ0v) is 14.9. The van der Waals surface area contributed by atoms with Crippen LogP contribution >= 0.6 is 11.3 Å². The number of aromatic nitrogens is 3. The van der Waals surface area contributed by atoms with Crippen molar-refractivity contribution >= 4 is 17.2 Å². The lowest BCUT2D eigenvalue weighted by atomic mass is 10.2. The molecular weight excluding hydrogens is 326 g/mol. The van der Waals surface area contributed by atoms with Gasteiger partial charge in [0.15, 0.2) is 0 Å². The topological polar surface area (TPSA) is 72.4 Å². The van der Waals surface area contributed by atoms with E-state index >= 15 is 0 Å². The van der Waals surface area contributed by atoms with Gasteiger partial charge >= 0.3 is 0 Å². The lowest BCUT2D eigenvalue weighted by Crippen LogP contribution is -2.39. The van der Waals surface area contributed by atoms with Crippen LogP contribution in [0.4, 0.5) is 5.82 Å². The number of thiazole rings is 1. The molecule has 1 unspecified atom stereocenters. The van der Waals surface area contributed by atoms with Gasteiger partial charge < -0.3 is 14.8 Å². The van der Waals surface area contributed by atoms with Crippen molar-refractivity contribution in [2.75, 3.05) is 45.3 Å². The molecule has 2 aromatic heterocycles. The first-order valence-corrected chi connectivity index (χ1v) is 8.92. The average Bonchev–Trinajstić information content (AvgIpc) is 3.01. The number of morpholine rings is 1. The summed E-state index contributed by atoms with van der Waals surface area (Å²) in [6, 6.07) is 1.94. The molecule has 1 fully saturated rings. The molecule has 3 rings (SSSR count). The van der Waals surface area contributed by atoms with Gasteiger partial charge in [0.2, 0.25) is 0 Å². The second kappa shape index (κ2) is 8.48. The number of hydrogen-bond donors (Lipinski definition) is 1. The van der Waals surface area contributed by atoms with Crippen LogP contribution in [0.5, 0.6) is 0 Å². The molecule has 3 heterocycles. The zero-order chi connectivity index (χ0) is 16.8. The molecule has 0 bridgehead atoms. The van der Waals surface area contributed by atoms with E-state index in [-0.39, 0.29) is 6.04 Å². The number of nitrogens with zero attached hydrogens (tertiary/aromatic N) is 4. The third-order valence-corrected chi connectivity index (χ3v) is 4.94. The summed E-state index contributed by atoms with van der Waals surface area (Å²) in [5.74, 6) is 1.61. The highest BCUT2D eigenvalue weighted by atomic mass is 32.1. The van der Waals surface area contributed by atoms with Gasteiger partial charge in [-0.1, -0.05) is 0 Å². The predicted molar refractivity (Wildman–Crippen MR) is 93.2 cm³/mol. The SMILES string of the molecule is COCCNc1ccnc(C2COCCN2Cc2scnc2C)n1. The van der Waals surface area contributed by atoms with Gasteiger partial charge in [-0.3, -0.25) is 4.90 Å². The molecule has 1 saturated heterocycles. The fourth-order valence-corrected chi connectivity index (χ4v) is 3.44. The van der Waals surface area contributed by atoms with Gasteiger partial charge in [-0.25, -0.2) is 15.0 Å². The maximum absolute atomic E-state index is 5.68. The van der Waals surface area contributed by atoms with E-state index in [4.69, 9.17) is 9.47 Å². The molecule has 1 aliphatic rings. The first-order chi connectivity index (χ1) is 11.8. The van der Waals surface area contributed by atoms with E-state index in [1.165, 1.54) is 4.88 Å². The van der Waals surface area contributed by atoms with Crippen LogP contribution in [0.2, 0.25) is 0 Å². The summed E-state index contributed by atoms with van der Waals surface area (Å²) < 4.78 is 10.7. The van der Waals surface area contributed by atoms with E-state index in [2.05, 4.69) is 32.1 Å². The van der Waals surface area contributed by atoms with Crippen LogP contribution in [0.1, 0.15) is 22.4 Å². The van der Waals surface area contributed by atoms with E-state index in [0.29, 0.717) is 13.2 Å². The summed E-state index contributed by atoms with van der Waals surface area (Å²) in [5.41, 5.74) is 3.00. The van der Waals surface area contributed by atoms with Crippen molar-refractivity contribution in [3.8, 4) is 0 Å². The van der Waals surface area contributed by atoms with Crippen LogP contribution in [-0.4, -0.2) is 59.9 Å². The van der Waals surface area contributed by atoms with Crippen molar-refractivity contribution in [1.82, 2.24) is 19.9 Å². The van der Waals surface area contributed by atoms with Crippen LogP contribution < -0.4 is 5.32 Å². The molecule has 1 atom stereocenters. The molecule has 130 valence electrons. The van der Waals surface area contributed by atoms with E-state index in [1.807, 2.05) is 11.6 Å². The highest BCUT2D eigenvalue weighted by Gasteiger charge is 2.28. The Morgan fingerprint density at radius 2 is 2.38 bits per heavy atom. The molecule has 8 heteroatoms. The Hall–Kier alpha value is -1.61. The fourth-order valence-electron chi connectivity index (χ4n) is 2.64. The minimum Gasteiger partial charge on any atom is -0.383 e. The average molecular weight is 349 g/mol. The number of methoxy groups -OCH3 is 1. The van der Waals surface area contributed by atoms with Crippen LogP contribution in [0.15, 0.2) is 17.8 Å². The summed E-state index contributed by atoms with van der Waals surface area (Å²) in [6.45, 7) is 6.49. The van der Waals surface area contributed by atoms with Crippen molar-refractivity contribution in [2.24, 2.45) is 0 Å². The van der Waals surface area contributed by atoms with Crippen molar-refractivity contribution < 1.29 is 9.47 Å². The molecule has 0 radical (unpaired) electrons. The van der Waals surface area contributed by atoms with Gasteiger partial charge in [-0.15, -0.1) is 11.3 Å². The molecule has 7 nitrogen and oxygen atoms in total. The van der Waals surface area contributed by atoms with Gasteiger partial charge in [0.25, 0.3) is 0 Å². The monoisotopic (exact) mass is 349 g/mol. The zero-order valence-electron chi connectivity index (χ0n) is 14.1. The molecule has 0 spiro atoms. The Labute approximate surface area is 146 Å². The second-order valence-corrected chi connectivity index (χ2v) is 6.58. The summed E-state index contributed by atoms with van der Waals surface area (Å²) in [7, 11) is 1.69. The quantitative estimate of drug-likeness (QED) is 0.765. The van der Waals surface area contributed by atoms with Crippen molar-refractivity contribution in [3.05, 3.63) is 34.2 Å². The van der Waals surface area contributed by atoms with Gasteiger partial charge in [0.05, 0.1) is 37.1 Å². The van der Waals surface area contributed by atoms with Crippen molar-refractivity contribution in [2.45, 2.75) is 19.5 Å². The molecule has 2 aromatic rings. The molecule has 24 heavy (non-hydrogen) atoms. The van der Waals surface area contributed by atoms with Crippen LogP contribution in [0.3, 0.4) is 0 Å². The van der Waals surface area contributed by atoms with E-state index < -0.39 is 0 Å². The lowest BCUT2D eigenvalue weighted by molar-refractivity contribution is -0.0155. The van der Waals surface area contributed by atoms with E-state index in [1.54, 1.807) is 24.6 Å². The Morgan fingerprint density at radius 1 is 1.46 bits per heavy atom. The van der Waals surface area contributed by atoms with Gasteiger partial charge in [-0.05, 0) is 13.0 Å². The van der Waals surface area contributed by atoms with Crippen LogP contribution in [-0.2, 0) is 16.0 Å². The maximum Gasteiger partial charge on any atom is 0.150 e. The second-order valence-electron chi connectivity index (χ2n) is 5.64. The summed E-state index contributed by atoms with van der Waals surface area (Å²) >= 11 is 1.70. The van der Waals surface area contributed by atoms with Gasteiger partial charge in [-0.2, -0.15) is 0 Å². The lowest BCUT2D eigenvalue weighted by Gasteiger charge is -2.34. The standard InChI is InChI=1S/C16H23N5O2S/c1-12-14(24-11-19-12)9-21-6-8-23-10-13(21)16-18-4-3-15(20-16)17-5-7-22-2/h3-4,11,13H,5-10H2,1-2H3,(H,17,18,20). The first kappa shape index (κ1) is 17.2. The minimum absolute atomic E-state index is 0.0597. The summed E-state index contributed by atoms with van der Waals surface area (Å²) in [4.78, 5) is 17.1. The number of anilines is 1. The Kier molecular flexibility index (Phi) is 6.08. The number of nitrogens with one attached hydrogen (secondary N) is 1. The minimum atomic E-state index is 0.0597. The largest absolute Gasteiger partial charge is 0.383 e. The highest BCUT2D eigenvalue weighted by molar-refractivity contribution is 7.09. The third-order valence-electron chi connectivity index (χ3n) is 4.02. The maximum atomic E-state index is 5.68. The van der Waals surface area contributed by atoms with E-state index in [9.17, 15) is 0 Å². The molecule has 0 aliphatic carbocycles. The number of aryl methyl sites for hydroxylation is 1. The van der Waals surface area contributed by atoms with Crippen LogP contribution in [0, 0.1) is 6.92 Å². The molecule has 0 amide bonds. The third kappa shape index (κ3) is 4.27. The van der Waals surface area contributed by atoms with Gasteiger partial charge in [0, 0.05) is 37.8 Å². The fraction of sp³-hybridized carbons (Fsp3) is 0.562. The Balaban J connectivity index is 1.72. The number of hydrogen-bond acceptors (Lipinski definition) is 8. The van der Waals surface area contributed by atoms with Crippen LogP contribution in [0.25, 0.3) is 0 Å². The van der Waals surface area contributed by atoms with Crippen molar-refractivity contribution in [1.29, 1.82) is 0 Å². The molecule has 1 N–H and O–H groups in total. The number of rotatable bonds is 7. The molecule has 1 aliphatic heterocycles. The van der Waals surface area contributed by atoms with Gasteiger partial charge in [0.1, 0.15) is 11.6 Å². The summed E-state index contributed by atoms with van der Waals surface area (Å²) in [5, 5.41) is 3.25. The van der Waals surface area contributed by atoms with E-state index in [0.717, 1.165) is 43.6 Å². The Morgan fingerprint density at radius 3 is 3.17 bits per heavy atom. The van der Waals surface area contributed by atoms with Crippen molar-refractivity contribution in [3.63, 3.8) is 0 Å². The molecule has 0 aromatic carbocycles. The normalized spacial score (nSPS) is 18.7. The predicted octanol–water partition coefficient (Wildman–Crippen LogP) is 1.87. The number of ether oxygens (including phenoxy) is 2. The first-order valence-electron chi connectivity index (χ1n) is 8.04. The Bertz CT molecular complexity index is 651. The molecule has 0 saturated carbocycles. The molecular formula is C16H23N5O2S. The smallest absolute Gasteiger partial charge is 0.150 e. The summed E-state index contributed by atoms with van der Waals surface area (Å²) in [6.07, 6.45) is 1.79. The highest BCUT2D eigenvalue weighted by Crippen LogP contribution is 2.26.